The zero-order valence-corrected chi connectivity index (χ0v) is 25.4. The number of hydrogen-bond acceptors (Lipinski definition) is 10. The maximum Gasteiger partial charge on any atom is 0.343 e. The van der Waals surface area contributed by atoms with Crippen molar-refractivity contribution in [3.8, 4) is 28.5 Å². The smallest absolute Gasteiger partial charge is 0.343 e. The Hall–Kier alpha value is -6.06. The van der Waals surface area contributed by atoms with Gasteiger partial charge in [-0.3, -0.25) is 9.40 Å². The highest BCUT2D eigenvalue weighted by Crippen LogP contribution is 2.31. The summed E-state index contributed by atoms with van der Waals surface area (Å²) in [7, 11) is 0. The minimum absolute atomic E-state index is 0.221. The van der Waals surface area contributed by atoms with Crippen molar-refractivity contribution < 1.29 is 39.2 Å². The number of para-hydroxylation sites is 1. The highest BCUT2D eigenvalue weighted by molar-refractivity contribution is 6.02. The van der Waals surface area contributed by atoms with E-state index in [0.717, 1.165) is 28.7 Å². The Balaban J connectivity index is 1.20. The molecular weight excluding hydrogens is 610 g/mol. The zero-order valence-electron chi connectivity index (χ0n) is 25.4. The molecule has 5 aromatic rings. The summed E-state index contributed by atoms with van der Waals surface area (Å²) in [4.78, 5) is 34.7. The SMILES string of the molecule is CCOc1nc2cccc(C(=O)OCO/N=[N+](\O)N3CCCCC3C(=O)O)c2n1Cc1ccc(-c2ccccc2-c2nnn[nH]2)cc1. The van der Waals surface area contributed by atoms with Gasteiger partial charge in [-0.15, -0.1) is 5.10 Å². The molecule has 47 heavy (non-hydrogen) atoms. The van der Waals surface area contributed by atoms with E-state index in [4.69, 9.17) is 14.3 Å². The van der Waals surface area contributed by atoms with Crippen molar-refractivity contribution in [2.45, 2.75) is 38.8 Å². The van der Waals surface area contributed by atoms with Gasteiger partial charge in [0.2, 0.25) is 0 Å². The van der Waals surface area contributed by atoms with Crippen molar-refractivity contribution in [1.29, 1.82) is 0 Å². The topological polar surface area (TPSA) is 193 Å². The third-order valence-corrected chi connectivity index (χ3v) is 7.72. The van der Waals surface area contributed by atoms with Crippen LogP contribution in [0.25, 0.3) is 33.5 Å². The molecule has 16 nitrogen and oxygen atoms in total. The summed E-state index contributed by atoms with van der Waals surface area (Å²) in [5, 5.41) is 38.5. The average Bonchev–Trinajstić information content (AvgIpc) is 3.76. The molecule has 1 aliphatic rings. The number of hydrazine groups is 1. The third-order valence-electron chi connectivity index (χ3n) is 7.72. The lowest BCUT2D eigenvalue weighted by Gasteiger charge is -2.24. The van der Waals surface area contributed by atoms with Crippen LogP contribution in [0.2, 0.25) is 0 Å². The summed E-state index contributed by atoms with van der Waals surface area (Å²) in [6.07, 6.45) is 1.76. The fourth-order valence-electron chi connectivity index (χ4n) is 5.56. The molecule has 1 fully saturated rings. The Morgan fingerprint density at radius 2 is 1.87 bits per heavy atom. The van der Waals surface area contributed by atoms with Crippen LogP contribution in [-0.4, -0.2) is 88.4 Å². The summed E-state index contributed by atoms with van der Waals surface area (Å²) in [6.45, 7) is 2.21. The number of tetrazole rings is 1. The number of imidazole rings is 1. The Morgan fingerprint density at radius 1 is 1.06 bits per heavy atom. The van der Waals surface area contributed by atoms with Crippen molar-refractivity contribution in [3.05, 3.63) is 77.9 Å². The van der Waals surface area contributed by atoms with Crippen LogP contribution in [0.4, 0.5) is 0 Å². The number of nitrogens with one attached hydrogen (secondary N) is 1. The number of rotatable bonds is 12. The van der Waals surface area contributed by atoms with E-state index in [1.54, 1.807) is 18.2 Å². The van der Waals surface area contributed by atoms with Crippen LogP contribution in [-0.2, 0) is 20.9 Å². The number of H-pyrrole nitrogens is 1. The van der Waals surface area contributed by atoms with Crippen molar-refractivity contribution in [3.63, 3.8) is 0 Å². The Morgan fingerprint density at radius 3 is 2.62 bits per heavy atom. The molecule has 6 rings (SSSR count). The second-order valence-electron chi connectivity index (χ2n) is 10.6. The summed E-state index contributed by atoms with van der Waals surface area (Å²) in [6, 6.07) is 20.3. The van der Waals surface area contributed by atoms with Crippen LogP contribution in [0.1, 0.15) is 42.1 Å². The first-order valence-electron chi connectivity index (χ1n) is 15.0. The summed E-state index contributed by atoms with van der Waals surface area (Å²) in [5.74, 6) is -1.23. The monoisotopic (exact) mass is 642 g/mol. The number of aliphatic carboxylic acids is 1. The van der Waals surface area contributed by atoms with E-state index >= 15 is 0 Å². The van der Waals surface area contributed by atoms with E-state index in [-0.39, 0.29) is 12.1 Å². The average molecular weight is 643 g/mol. The first kappa shape index (κ1) is 30.9. The maximum atomic E-state index is 13.2. The number of esters is 1. The zero-order chi connectivity index (χ0) is 32.8. The number of fused-ring (bicyclic) bond motifs is 1. The fraction of sp³-hybridized carbons (Fsp3) is 0.290. The minimum atomic E-state index is -1.08. The summed E-state index contributed by atoms with van der Waals surface area (Å²) >= 11 is 0. The van der Waals surface area contributed by atoms with E-state index in [2.05, 4.69) is 30.9 Å². The van der Waals surface area contributed by atoms with Crippen LogP contribution in [0, 0.1) is 0 Å². The molecule has 0 spiro atoms. The van der Waals surface area contributed by atoms with Gasteiger partial charge in [-0.05, 0) is 65.4 Å². The number of nitrogens with zero attached hydrogens (tertiary/aromatic N) is 8. The normalized spacial score (nSPS) is 15.0. The first-order chi connectivity index (χ1) is 22.9. The van der Waals surface area contributed by atoms with Gasteiger partial charge in [-0.2, -0.15) is 4.98 Å². The van der Waals surface area contributed by atoms with Crippen molar-refractivity contribution in [2.75, 3.05) is 19.9 Å². The molecule has 3 heterocycles. The predicted molar refractivity (Wildman–Crippen MR) is 163 cm³/mol. The summed E-state index contributed by atoms with van der Waals surface area (Å²) < 4.78 is 13.0. The molecule has 1 unspecified atom stereocenters. The Labute approximate surface area is 267 Å². The molecule has 3 aromatic carbocycles. The quantitative estimate of drug-likeness (QED) is 0.0442. The van der Waals surface area contributed by atoms with Crippen LogP contribution < -0.4 is 4.74 Å². The van der Waals surface area contributed by atoms with Crippen LogP contribution in [0.5, 0.6) is 6.01 Å². The fourth-order valence-corrected chi connectivity index (χ4v) is 5.56. The number of carboxylic acid groups (broad SMARTS) is 1. The van der Waals surface area contributed by atoms with Crippen LogP contribution in [0.15, 0.2) is 72.0 Å². The molecular formula is C31H32N9O7+. The molecule has 1 saturated heterocycles. The standard InChI is InChI=1S/C31H31N9O7/c1-2-45-31-32-25-11-7-10-24(30(43)46-19-47-37-40(44)39-17-6-5-12-26(39)29(41)42)27(25)38(31)18-20-13-15-21(16-14-20)22-8-3-4-9-23(22)28-33-35-36-34-28/h3-4,7-11,13-16,26H,2,5-6,12,17-19H2,1H3,(H2-,33,34,35,36,37,41,42,44)/p+1. The molecule has 1 atom stereocenters. The van der Waals surface area contributed by atoms with Crippen molar-refractivity contribution in [2.24, 2.45) is 5.28 Å². The van der Waals surface area contributed by atoms with Gasteiger partial charge in [-0.25, -0.2) is 19.9 Å². The van der Waals surface area contributed by atoms with Gasteiger partial charge in [0.25, 0.3) is 23.1 Å². The summed E-state index contributed by atoms with van der Waals surface area (Å²) in [5.41, 5.74) is 4.99. The van der Waals surface area contributed by atoms with Gasteiger partial charge in [-0.1, -0.05) is 59.6 Å². The Bertz CT molecular complexity index is 1890. The highest BCUT2D eigenvalue weighted by Gasteiger charge is 2.37. The largest absolute Gasteiger partial charge is 0.480 e. The number of carboxylic acids is 1. The molecule has 0 bridgehead atoms. The van der Waals surface area contributed by atoms with E-state index in [9.17, 15) is 19.9 Å². The second kappa shape index (κ2) is 13.9. The molecule has 1 aliphatic heterocycles. The number of aromatic nitrogens is 6. The molecule has 242 valence electrons. The lowest BCUT2D eigenvalue weighted by Crippen LogP contribution is -2.48. The van der Waals surface area contributed by atoms with E-state index < -0.39 is 24.8 Å². The molecule has 3 N–H and O–H groups in total. The van der Waals surface area contributed by atoms with E-state index in [0.29, 0.717) is 53.8 Å². The van der Waals surface area contributed by atoms with E-state index in [1.807, 2.05) is 60.0 Å². The Kier molecular flexibility index (Phi) is 9.17. The molecule has 0 aliphatic carbocycles. The van der Waals surface area contributed by atoms with Gasteiger partial charge < -0.3 is 14.6 Å². The van der Waals surface area contributed by atoms with Crippen molar-refractivity contribution >= 4 is 23.0 Å². The van der Waals surface area contributed by atoms with Crippen molar-refractivity contribution in [1.82, 2.24) is 35.2 Å². The molecule has 0 amide bonds. The molecule has 16 heteroatoms. The number of piperidine rings is 1. The van der Waals surface area contributed by atoms with Crippen LogP contribution >= 0.6 is 0 Å². The maximum absolute atomic E-state index is 13.2. The van der Waals surface area contributed by atoms with Gasteiger partial charge in [0.1, 0.15) is 0 Å². The highest BCUT2D eigenvalue weighted by atomic mass is 16.8. The number of ether oxygens (including phenoxy) is 2. The molecule has 2 aromatic heterocycles. The van der Waals surface area contributed by atoms with Crippen LogP contribution in [0.3, 0.4) is 0 Å². The van der Waals surface area contributed by atoms with Gasteiger partial charge in [0.05, 0.1) is 36.3 Å². The number of carbonyl (C=O) groups excluding carboxylic acids is 1. The number of aromatic amines is 1. The third kappa shape index (κ3) is 6.66. The van der Waals surface area contributed by atoms with Gasteiger partial charge in [0, 0.05) is 5.56 Å². The predicted octanol–water partition coefficient (Wildman–Crippen LogP) is 4.08. The number of hydrogen-bond donors (Lipinski definition) is 3. The minimum Gasteiger partial charge on any atom is -0.480 e. The lowest BCUT2D eigenvalue weighted by atomic mass is 9.98. The van der Waals surface area contributed by atoms with Gasteiger partial charge in [0.15, 0.2) is 11.9 Å². The molecule has 0 radical (unpaired) electrons. The number of carbonyl (C=O) groups is 2. The van der Waals surface area contributed by atoms with E-state index in [1.165, 1.54) is 5.01 Å². The lowest BCUT2D eigenvalue weighted by molar-refractivity contribution is -0.945. The molecule has 0 saturated carbocycles. The number of benzene rings is 3. The van der Waals surface area contributed by atoms with Gasteiger partial charge >= 0.3 is 11.9 Å². The second-order valence-corrected chi connectivity index (χ2v) is 10.6. The first-order valence-corrected chi connectivity index (χ1v) is 15.0.